The number of morpholine rings is 1. The van der Waals surface area contributed by atoms with E-state index >= 15 is 0 Å². The van der Waals surface area contributed by atoms with Crippen molar-refractivity contribution in [3.63, 3.8) is 0 Å². The molecule has 2 aliphatic rings. The predicted molar refractivity (Wildman–Crippen MR) is 80.6 cm³/mol. The zero-order chi connectivity index (χ0) is 14.7. The number of carbonyl (C=O) groups excluding carboxylic acids is 1. The maximum absolute atomic E-state index is 12.1. The molecular weight excluding hydrogens is 270 g/mol. The van der Waals surface area contributed by atoms with Gasteiger partial charge in [-0.1, -0.05) is 0 Å². The summed E-state index contributed by atoms with van der Waals surface area (Å²) in [7, 11) is 0. The second-order valence-electron chi connectivity index (χ2n) is 5.37. The maximum atomic E-state index is 12.1. The molecule has 2 aliphatic heterocycles. The van der Waals surface area contributed by atoms with Crippen LogP contribution >= 0.6 is 0 Å². The average Bonchev–Trinajstić information content (AvgIpc) is 2.50. The molecule has 0 aliphatic carbocycles. The topological polar surface area (TPSA) is 68.0 Å². The van der Waals surface area contributed by atoms with E-state index in [0.29, 0.717) is 18.0 Å². The third-order valence-corrected chi connectivity index (χ3v) is 3.89. The van der Waals surface area contributed by atoms with Crippen LogP contribution in [0, 0.1) is 0 Å². The van der Waals surface area contributed by atoms with Gasteiger partial charge in [0.05, 0.1) is 18.9 Å². The van der Waals surface area contributed by atoms with Gasteiger partial charge in [-0.25, -0.2) is 0 Å². The van der Waals surface area contributed by atoms with E-state index in [4.69, 9.17) is 15.2 Å². The smallest absolute Gasteiger partial charge is 0.265 e. The average molecular weight is 291 g/mol. The highest BCUT2D eigenvalue weighted by molar-refractivity contribution is 5.98. The fourth-order valence-electron chi connectivity index (χ4n) is 2.74. The molecule has 0 saturated carbocycles. The first-order chi connectivity index (χ1) is 10.2. The molecule has 2 N–H and O–H groups in total. The lowest BCUT2D eigenvalue weighted by molar-refractivity contribution is -0.121. The van der Waals surface area contributed by atoms with Crippen LogP contribution in [0.5, 0.6) is 5.75 Å². The van der Waals surface area contributed by atoms with Crippen molar-refractivity contribution in [1.82, 2.24) is 4.90 Å². The Kier molecular flexibility index (Phi) is 4.26. The lowest BCUT2D eigenvalue weighted by Gasteiger charge is -2.31. The van der Waals surface area contributed by atoms with Crippen LogP contribution in [0.3, 0.4) is 0 Å². The second-order valence-corrected chi connectivity index (χ2v) is 5.37. The first-order valence-electron chi connectivity index (χ1n) is 7.37. The minimum Gasteiger partial charge on any atom is -0.481 e. The van der Waals surface area contributed by atoms with Crippen molar-refractivity contribution >= 4 is 17.3 Å². The predicted octanol–water partition coefficient (Wildman–Crippen LogP) is 0.716. The highest BCUT2D eigenvalue weighted by atomic mass is 16.5. The van der Waals surface area contributed by atoms with E-state index in [1.165, 1.54) is 0 Å². The summed E-state index contributed by atoms with van der Waals surface area (Å²) in [6.07, 6.45) is 0.940. The van der Waals surface area contributed by atoms with Crippen LogP contribution in [0.2, 0.25) is 0 Å². The molecule has 1 aromatic carbocycles. The number of hydrogen-bond acceptors (Lipinski definition) is 5. The molecule has 0 radical (unpaired) electrons. The van der Waals surface area contributed by atoms with E-state index in [1.807, 2.05) is 6.07 Å². The lowest BCUT2D eigenvalue weighted by Crippen LogP contribution is -2.42. The molecule has 3 rings (SSSR count). The number of benzene rings is 1. The van der Waals surface area contributed by atoms with Crippen molar-refractivity contribution in [2.45, 2.75) is 6.42 Å². The monoisotopic (exact) mass is 291 g/mol. The van der Waals surface area contributed by atoms with Gasteiger partial charge in [-0.05, 0) is 18.6 Å². The molecule has 114 valence electrons. The van der Waals surface area contributed by atoms with Gasteiger partial charge in [0.15, 0.2) is 6.61 Å². The van der Waals surface area contributed by atoms with Gasteiger partial charge in [0, 0.05) is 37.9 Å². The number of fused-ring (bicyclic) bond motifs is 1. The number of hydrogen-bond donors (Lipinski definition) is 1. The first-order valence-corrected chi connectivity index (χ1v) is 7.37. The Balaban J connectivity index is 1.60. The van der Waals surface area contributed by atoms with E-state index in [9.17, 15) is 4.79 Å². The van der Waals surface area contributed by atoms with Gasteiger partial charge in [0.1, 0.15) is 5.75 Å². The van der Waals surface area contributed by atoms with Crippen LogP contribution in [0.1, 0.15) is 6.42 Å². The Bertz CT molecular complexity index is 515. The summed E-state index contributed by atoms with van der Waals surface area (Å²) >= 11 is 0. The van der Waals surface area contributed by atoms with Crippen molar-refractivity contribution in [3.8, 4) is 5.75 Å². The molecule has 1 amide bonds. The normalized spacial score (nSPS) is 19.2. The summed E-state index contributed by atoms with van der Waals surface area (Å²) in [4.78, 5) is 16.2. The molecule has 6 nitrogen and oxygen atoms in total. The molecule has 6 heteroatoms. The highest BCUT2D eigenvalue weighted by Crippen LogP contribution is 2.33. The molecule has 0 aromatic heterocycles. The Morgan fingerprint density at radius 1 is 1.19 bits per heavy atom. The fraction of sp³-hybridized carbons (Fsp3) is 0.533. The number of anilines is 2. The van der Waals surface area contributed by atoms with Crippen molar-refractivity contribution in [1.29, 1.82) is 0 Å². The van der Waals surface area contributed by atoms with Crippen LogP contribution in [0.4, 0.5) is 11.4 Å². The summed E-state index contributed by atoms with van der Waals surface area (Å²) in [5.74, 6) is 0.704. The molecule has 1 saturated heterocycles. The maximum Gasteiger partial charge on any atom is 0.265 e. The molecule has 0 bridgehead atoms. The van der Waals surface area contributed by atoms with Gasteiger partial charge in [-0.3, -0.25) is 9.69 Å². The Hall–Kier alpha value is -1.79. The van der Waals surface area contributed by atoms with Gasteiger partial charge in [0.2, 0.25) is 0 Å². The van der Waals surface area contributed by atoms with E-state index in [1.54, 1.807) is 17.0 Å². The van der Waals surface area contributed by atoms with Crippen LogP contribution in [-0.4, -0.2) is 56.8 Å². The molecule has 1 aromatic rings. The molecule has 0 atom stereocenters. The minimum absolute atomic E-state index is 0.00856. The highest BCUT2D eigenvalue weighted by Gasteiger charge is 2.25. The number of nitrogens with zero attached hydrogens (tertiary/aromatic N) is 2. The summed E-state index contributed by atoms with van der Waals surface area (Å²) in [5.41, 5.74) is 7.23. The van der Waals surface area contributed by atoms with Gasteiger partial charge in [0.25, 0.3) is 5.91 Å². The van der Waals surface area contributed by atoms with E-state index in [0.717, 1.165) is 45.0 Å². The van der Waals surface area contributed by atoms with Gasteiger partial charge < -0.3 is 20.1 Å². The second kappa shape index (κ2) is 6.32. The number of carbonyl (C=O) groups is 1. The molecule has 1 fully saturated rings. The number of rotatable bonds is 4. The zero-order valence-corrected chi connectivity index (χ0v) is 12.1. The first kappa shape index (κ1) is 14.2. The quantitative estimate of drug-likeness (QED) is 0.828. The van der Waals surface area contributed by atoms with Crippen molar-refractivity contribution in [2.75, 3.05) is 56.6 Å². The van der Waals surface area contributed by atoms with Crippen molar-refractivity contribution in [2.24, 2.45) is 0 Å². The number of amides is 1. The van der Waals surface area contributed by atoms with Crippen molar-refractivity contribution in [3.05, 3.63) is 18.2 Å². The lowest BCUT2D eigenvalue weighted by atomic mass is 10.2. The van der Waals surface area contributed by atoms with E-state index in [-0.39, 0.29) is 12.5 Å². The number of nitrogen functional groups attached to an aromatic ring is 1. The Morgan fingerprint density at radius 2 is 2.00 bits per heavy atom. The van der Waals surface area contributed by atoms with Crippen molar-refractivity contribution < 1.29 is 14.3 Å². The van der Waals surface area contributed by atoms with E-state index in [2.05, 4.69) is 4.90 Å². The molecule has 0 spiro atoms. The third kappa shape index (κ3) is 3.28. The van der Waals surface area contributed by atoms with Crippen LogP contribution in [0.25, 0.3) is 0 Å². The summed E-state index contributed by atoms with van der Waals surface area (Å²) in [6.45, 7) is 5.34. The SMILES string of the molecule is Nc1ccc2c(c1)OCC(=O)N2CCCN1CCOCC1. The summed E-state index contributed by atoms with van der Waals surface area (Å²) in [5, 5.41) is 0. The number of ether oxygens (including phenoxy) is 2. The minimum atomic E-state index is 0.00856. The standard InChI is InChI=1S/C15H21N3O3/c16-12-2-3-13-14(10-12)21-11-15(19)18(13)5-1-4-17-6-8-20-9-7-17/h2-3,10H,1,4-9,11,16H2. The van der Waals surface area contributed by atoms with Crippen LogP contribution in [-0.2, 0) is 9.53 Å². The fourth-order valence-corrected chi connectivity index (χ4v) is 2.74. The van der Waals surface area contributed by atoms with Crippen LogP contribution < -0.4 is 15.4 Å². The Labute approximate surface area is 124 Å². The van der Waals surface area contributed by atoms with E-state index < -0.39 is 0 Å². The zero-order valence-electron chi connectivity index (χ0n) is 12.1. The van der Waals surface area contributed by atoms with Gasteiger partial charge in [-0.2, -0.15) is 0 Å². The molecular formula is C15H21N3O3. The van der Waals surface area contributed by atoms with Gasteiger partial charge >= 0.3 is 0 Å². The largest absolute Gasteiger partial charge is 0.481 e. The molecule has 21 heavy (non-hydrogen) atoms. The summed E-state index contributed by atoms with van der Waals surface area (Å²) < 4.78 is 10.8. The van der Waals surface area contributed by atoms with Crippen LogP contribution in [0.15, 0.2) is 18.2 Å². The summed E-state index contributed by atoms with van der Waals surface area (Å²) in [6, 6.07) is 5.43. The molecule has 0 unspecified atom stereocenters. The third-order valence-electron chi connectivity index (χ3n) is 3.89. The number of nitrogens with two attached hydrogens (primary N) is 1. The van der Waals surface area contributed by atoms with Gasteiger partial charge in [-0.15, -0.1) is 0 Å². The Morgan fingerprint density at radius 3 is 2.81 bits per heavy atom. The molecule has 2 heterocycles.